The number of carbonyl (C=O) groups is 2. The van der Waals surface area contributed by atoms with E-state index in [-0.39, 0.29) is 31.5 Å². The van der Waals surface area contributed by atoms with Crippen LogP contribution in [0.25, 0.3) is 0 Å². The Morgan fingerprint density at radius 3 is 1.94 bits per heavy atom. The van der Waals surface area contributed by atoms with Gasteiger partial charge in [-0.1, -0.05) is 85.0 Å². The number of nitrogens with one attached hydrogen (secondary N) is 2. The molecular weight excluding hydrogens is 481 g/mol. The monoisotopic (exact) mass is 535 g/mol. The summed E-state index contributed by atoms with van der Waals surface area (Å²) in [5, 5.41) is 5.68. The van der Waals surface area contributed by atoms with Crippen LogP contribution in [0.5, 0.6) is 0 Å². The van der Waals surface area contributed by atoms with Gasteiger partial charge < -0.3 is 29.1 Å². The standard InChI is InChI=1S/C26H54N3O6P/c1-7-9-10-11-12-13-14-15-16-17-19-27-26(31)25(23(3)8-2)28-24(30)18-21-34-36(32,33)35-22-20-29(4,5)6/h23,25H,7-22H2,1-6H3,(H2-,27,28,30,31,32,33)/t23-,25-/m0/s1. The smallest absolute Gasteiger partial charge is 0.268 e. The fourth-order valence-corrected chi connectivity index (χ4v) is 4.29. The lowest BCUT2D eigenvalue weighted by molar-refractivity contribution is -0.870. The Kier molecular flexibility index (Phi) is 19.5. The molecule has 9 nitrogen and oxygen atoms in total. The second kappa shape index (κ2) is 20.0. The molecule has 0 aliphatic carbocycles. The molecule has 0 aromatic rings. The lowest BCUT2D eigenvalue weighted by atomic mass is 9.98. The second-order valence-electron chi connectivity index (χ2n) is 10.8. The zero-order chi connectivity index (χ0) is 27.5. The van der Waals surface area contributed by atoms with E-state index in [2.05, 4.69) is 17.6 Å². The summed E-state index contributed by atoms with van der Waals surface area (Å²) in [6, 6.07) is -0.662. The molecule has 0 saturated heterocycles. The van der Waals surface area contributed by atoms with Crippen molar-refractivity contribution in [2.24, 2.45) is 5.92 Å². The van der Waals surface area contributed by atoms with E-state index < -0.39 is 19.8 Å². The van der Waals surface area contributed by atoms with Gasteiger partial charge in [0, 0.05) is 6.54 Å². The number of carbonyl (C=O) groups excluding carboxylic acids is 2. The first-order valence-electron chi connectivity index (χ1n) is 13.9. The molecule has 1 unspecified atom stereocenters. The van der Waals surface area contributed by atoms with Crippen LogP contribution in [-0.4, -0.2) is 69.8 Å². The summed E-state index contributed by atoms with van der Waals surface area (Å²) in [6.45, 7) is 6.87. The molecule has 0 saturated carbocycles. The first kappa shape index (κ1) is 35.0. The van der Waals surface area contributed by atoms with Gasteiger partial charge in [-0.25, -0.2) is 0 Å². The van der Waals surface area contributed by atoms with E-state index in [1.54, 1.807) is 0 Å². The summed E-state index contributed by atoms with van der Waals surface area (Å²) >= 11 is 0. The summed E-state index contributed by atoms with van der Waals surface area (Å²) in [6.07, 6.45) is 12.9. The van der Waals surface area contributed by atoms with Gasteiger partial charge in [0.2, 0.25) is 11.8 Å². The van der Waals surface area contributed by atoms with E-state index in [0.717, 1.165) is 19.3 Å². The van der Waals surface area contributed by atoms with Gasteiger partial charge >= 0.3 is 0 Å². The summed E-state index contributed by atoms with van der Waals surface area (Å²) < 4.78 is 22.0. The zero-order valence-electron chi connectivity index (χ0n) is 23.8. The van der Waals surface area contributed by atoms with E-state index in [4.69, 9.17) is 9.05 Å². The fourth-order valence-electron chi connectivity index (χ4n) is 3.60. The molecule has 10 heteroatoms. The van der Waals surface area contributed by atoms with Crippen molar-refractivity contribution in [2.45, 2.75) is 104 Å². The Morgan fingerprint density at radius 2 is 1.42 bits per heavy atom. The Balaban J connectivity index is 4.22. The molecule has 0 radical (unpaired) electrons. The van der Waals surface area contributed by atoms with Crippen LogP contribution in [0.1, 0.15) is 97.8 Å². The van der Waals surface area contributed by atoms with Gasteiger partial charge in [0.1, 0.15) is 19.2 Å². The molecule has 3 atom stereocenters. The Hall–Kier alpha value is -0.990. The number of phosphoric acid groups is 1. The summed E-state index contributed by atoms with van der Waals surface area (Å²) in [4.78, 5) is 36.9. The minimum Gasteiger partial charge on any atom is -0.756 e. The number of hydrogen-bond acceptors (Lipinski definition) is 6. The molecule has 0 aliphatic rings. The number of likely N-dealkylation sites (N-methyl/N-ethyl adjacent to an activating group) is 1. The number of rotatable bonds is 23. The third kappa shape index (κ3) is 20.1. The largest absolute Gasteiger partial charge is 0.756 e. The lowest BCUT2D eigenvalue weighted by Crippen LogP contribution is -2.50. The van der Waals surface area contributed by atoms with Gasteiger partial charge in [0.25, 0.3) is 7.82 Å². The van der Waals surface area contributed by atoms with Crippen LogP contribution in [-0.2, 0) is 23.2 Å². The average molecular weight is 536 g/mol. The molecule has 0 rings (SSSR count). The van der Waals surface area contributed by atoms with Gasteiger partial charge in [-0.15, -0.1) is 0 Å². The van der Waals surface area contributed by atoms with Crippen LogP contribution in [0.15, 0.2) is 0 Å². The van der Waals surface area contributed by atoms with Gasteiger partial charge in [-0.05, 0) is 12.3 Å². The highest BCUT2D eigenvalue weighted by molar-refractivity contribution is 7.45. The molecule has 0 aliphatic heterocycles. The number of amides is 2. The normalized spacial score (nSPS) is 15.2. The fraction of sp³-hybridized carbons (Fsp3) is 0.923. The van der Waals surface area contributed by atoms with Crippen molar-refractivity contribution in [3.63, 3.8) is 0 Å². The SMILES string of the molecule is CCCCCCCCCCCCNC(=O)[C@@H](NC(=O)CCOP(=O)([O-])OCC[N+](C)(C)C)[C@@H](C)CC. The maximum atomic E-state index is 12.7. The van der Waals surface area contributed by atoms with Crippen molar-refractivity contribution in [1.29, 1.82) is 0 Å². The molecular formula is C26H54N3O6P. The van der Waals surface area contributed by atoms with E-state index in [1.807, 2.05) is 35.0 Å². The number of hydrogen-bond donors (Lipinski definition) is 2. The van der Waals surface area contributed by atoms with Crippen molar-refractivity contribution < 1.29 is 32.6 Å². The highest BCUT2D eigenvalue weighted by Gasteiger charge is 2.25. The highest BCUT2D eigenvalue weighted by atomic mass is 31.2. The zero-order valence-corrected chi connectivity index (χ0v) is 24.7. The quantitative estimate of drug-likeness (QED) is 0.115. The first-order valence-corrected chi connectivity index (χ1v) is 15.4. The van der Waals surface area contributed by atoms with Crippen molar-refractivity contribution in [3.05, 3.63) is 0 Å². The average Bonchev–Trinajstić information content (AvgIpc) is 2.79. The van der Waals surface area contributed by atoms with Crippen LogP contribution < -0.4 is 15.5 Å². The lowest BCUT2D eigenvalue weighted by Gasteiger charge is -2.27. The van der Waals surface area contributed by atoms with Crippen molar-refractivity contribution >= 4 is 19.6 Å². The van der Waals surface area contributed by atoms with Crippen LogP contribution in [0.3, 0.4) is 0 Å². The summed E-state index contributed by atoms with van der Waals surface area (Å²) in [5.74, 6) is -0.680. The molecule has 36 heavy (non-hydrogen) atoms. The minimum atomic E-state index is -4.47. The molecule has 2 amide bonds. The molecule has 0 bridgehead atoms. The molecule has 0 aromatic heterocycles. The summed E-state index contributed by atoms with van der Waals surface area (Å²) in [5.41, 5.74) is 0. The van der Waals surface area contributed by atoms with E-state index in [0.29, 0.717) is 17.6 Å². The molecule has 0 spiro atoms. The maximum Gasteiger partial charge on any atom is 0.268 e. The molecule has 0 heterocycles. The number of quaternary nitrogens is 1. The third-order valence-corrected chi connectivity index (χ3v) is 7.23. The Labute approximate surface area is 220 Å². The number of nitrogens with zero attached hydrogens (tertiary/aromatic N) is 1. The number of phosphoric ester groups is 1. The van der Waals surface area contributed by atoms with Gasteiger partial charge in [-0.2, -0.15) is 0 Å². The van der Waals surface area contributed by atoms with Crippen LogP contribution >= 0.6 is 7.82 Å². The van der Waals surface area contributed by atoms with Crippen LogP contribution in [0, 0.1) is 5.92 Å². The third-order valence-electron chi connectivity index (χ3n) is 6.23. The van der Waals surface area contributed by atoms with Crippen LogP contribution in [0.4, 0.5) is 0 Å². The predicted molar refractivity (Wildman–Crippen MR) is 143 cm³/mol. The predicted octanol–water partition coefficient (Wildman–Crippen LogP) is 4.15. The maximum absolute atomic E-state index is 12.7. The Bertz CT molecular complexity index is 642. The van der Waals surface area contributed by atoms with E-state index in [1.165, 1.54) is 51.4 Å². The van der Waals surface area contributed by atoms with E-state index >= 15 is 0 Å². The molecule has 214 valence electrons. The van der Waals surface area contributed by atoms with Crippen molar-refractivity contribution in [1.82, 2.24) is 10.6 Å². The second-order valence-corrected chi connectivity index (χ2v) is 12.2. The van der Waals surface area contributed by atoms with E-state index in [9.17, 15) is 19.0 Å². The minimum absolute atomic E-state index is 0.00574. The summed E-state index contributed by atoms with van der Waals surface area (Å²) in [7, 11) is 1.30. The highest BCUT2D eigenvalue weighted by Crippen LogP contribution is 2.38. The molecule has 0 fully saturated rings. The van der Waals surface area contributed by atoms with Crippen LogP contribution in [0.2, 0.25) is 0 Å². The van der Waals surface area contributed by atoms with Crippen molar-refractivity contribution in [3.8, 4) is 0 Å². The Morgan fingerprint density at radius 1 is 0.889 bits per heavy atom. The number of unbranched alkanes of at least 4 members (excludes halogenated alkanes) is 9. The topological polar surface area (TPSA) is 117 Å². The molecule has 0 aromatic carbocycles. The first-order chi connectivity index (χ1) is 16.9. The van der Waals surface area contributed by atoms with Gasteiger partial charge in [0.15, 0.2) is 0 Å². The van der Waals surface area contributed by atoms with Gasteiger partial charge in [0.05, 0.1) is 34.2 Å². The van der Waals surface area contributed by atoms with Gasteiger partial charge in [-0.3, -0.25) is 14.2 Å². The molecule has 2 N–H and O–H groups in total. The van der Waals surface area contributed by atoms with Crippen molar-refractivity contribution in [2.75, 3.05) is 47.4 Å².